The molecule has 0 saturated carbocycles. The Morgan fingerprint density at radius 2 is 1.30 bits per heavy atom. The number of rotatable bonds is 5. The zero-order chi connectivity index (χ0) is 19.3. The van der Waals surface area contributed by atoms with Crippen LogP contribution in [0.2, 0.25) is 0 Å². The second-order valence-corrected chi connectivity index (χ2v) is 8.07. The Balaban J connectivity index is 1.97. The summed E-state index contributed by atoms with van der Waals surface area (Å²) in [6.45, 7) is 0. The van der Waals surface area contributed by atoms with Crippen LogP contribution in [0.15, 0.2) is 91.0 Å². The first-order chi connectivity index (χ1) is 12.9. The second kappa shape index (κ2) is 8.38. The van der Waals surface area contributed by atoms with Crippen molar-refractivity contribution < 1.29 is 18.0 Å². The number of allylic oxidation sites excluding steroid dienone is 1. The van der Waals surface area contributed by atoms with Gasteiger partial charge in [-0.15, -0.1) is 0 Å². The van der Waals surface area contributed by atoms with Gasteiger partial charge in [0.25, 0.3) is 0 Å². The number of halogens is 3. The summed E-state index contributed by atoms with van der Waals surface area (Å²) in [4.78, 5) is 12.6. The summed E-state index contributed by atoms with van der Waals surface area (Å²) in [7, 11) is 0. The van der Waals surface area contributed by atoms with Gasteiger partial charge in [-0.1, -0.05) is 0 Å². The molecule has 0 aliphatic heterocycles. The number of alkyl halides is 3. The van der Waals surface area contributed by atoms with E-state index in [4.69, 9.17) is 0 Å². The SMILES string of the molecule is O=C(/C=C(\[Se]c1ccccc1)c1ccc(C(F)(F)F)cc1)c1ccccc1. The van der Waals surface area contributed by atoms with Gasteiger partial charge < -0.3 is 0 Å². The molecule has 5 heteroatoms. The molecule has 3 aromatic rings. The van der Waals surface area contributed by atoms with Crippen molar-refractivity contribution in [1.29, 1.82) is 0 Å². The molecule has 0 aromatic heterocycles. The maximum atomic E-state index is 12.8. The van der Waals surface area contributed by atoms with E-state index >= 15 is 0 Å². The van der Waals surface area contributed by atoms with Crippen LogP contribution in [0.3, 0.4) is 0 Å². The molecule has 0 bridgehead atoms. The molecule has 136 valence electrons. The van der Waals surface area contributed by atoms with E-state index in [1.165, 1.54) is 18.2 Å². The van der Waals surface area contributed by atoms with Crippen molar-refractivity contribution in [3.05, 3.63) is 108 Å². The monoisotopic (exact) mass is 432 g/mol. The number of hydrogen-bond acceptors (Lipinski definition) is 1. The number of hydrogen-bond donors (Lipinski definition) is 0. The Hall–Kier alpha value is -2.62. The van der Waals surface area contributed by atoms with Gasteiger partial charge in [-0.25, -0.2) is 0 Å². The van der Waals surface area contributed by atoms with Gasteiger partial charge in [0.2, 0.25) is 0 Å². The molecule has 0 radical (unpaired) electrons. The second-order valence-electron chi connectivity index (χ2n) is 5.73. The van der Waals surface area contributed by atoms with Crippen molar-refractivity contribution in [2.24, 2.45) is 0 Å². The van der Waals surface area contributed by atoms with Crippen LogP contribution in [0, 0.1) is 0 Å². The van der Waals surface area contributed by atoms with Crippen LogP contribution < -0.4 is 4.46 Å². The average molecular weight is 431 g/mol. The van der Waals surface area contributed by atoms with E-state index in [-0.39, 0.29) is 20.7 Å². The number of carbonyl (C=O) groups excluding carboxylic acids is 1. The van der Waals surface area contributed by atoms with E-state index in [9.17, 15) is 18.0 Å². The van der Waals surface area contributed by atoms with E-state index < -0.39 is 11.7 Å². The minimum absolute atomic E-state index is 0.164. The Morgan fingerprint density at radius 1 is 0.741 bits per heavy atom. The Morgan fingerprint density at radius 3 is 1.85 bits per heavy atom. The topological polar surface area (TPSA) is 17.1 Å². The molecule has 1 nitrogen and oxygen atoms in total. The normalized spacial score (nSPS) is 12.0. The Bertz CT molecular complexity index is 931. The Labute approximate surface area is 161 Å². The molecular formula is C22H15F3OSe. The first-order valence-electron chi connectivity index (χ1n) is 8.15. The fourth-order valence-corrected chi connectivity index (χ4v) is 4.44. The third kappa shape index (κ3) is 5.19. The fourth-order valence-electron chi connectivity index (χ4n) is 2.42. The molecule has 0 heterocycles. The van der Waals surface area contributed by atoms with E-state index in [0.29, 0.717) is 11.1 Å². The average Bonchev–Trinajstić information content (AvgIpc) is 2.68. The van der Waals surface area contributed by atoms with Crippen LogP contribution in [0.25, 0.3) is 4.47 Å². The summed E-state index contributed by atoms with van der Waals surface area (Å²) in [5.41, 5.74) is 0.467. The van der Waals surface area contributed by atoms with Crippen molar-refractivity contribution >= 4 is 29.7 Å². The van der Waals surface area contributed by atoms with Crippen molar-refractivity contribution in [2.45, 2.75) is 6.18 Å². The Kier molecular flexibility index (Phi) is 5.94. The van der Waals surface area contributed by atoms with Gasteiger partial charge in [-0.3, -0.25) is 0 Å². The van der Waals surface area contributed by atoms with Crippen LogP contribution in [0.5, 0.6) is 0 Å². The van der Waals surface area contributed by atoms with E-state index in [1.807, 2.05) is 36.4 Å². The molecule has 0 aliphatic rings. The van der Waals surface area contributed by atoms with Crippen LogP contribution in [0.4, 0.5) is 13.2 Å². The molecule has 0 amide bonds. The van der Waals surface area contributed by atoms with Crippen molar-refractivity contribution in [1.82, 2.24) is 0 Å². The van der Waals surface area contributed by atoms with Crippen LogP contribution >= 0.6 is 0 Å². The zero-order valence-electron chi connectivity index (χ0n) is 14.1. The first-order valence-corrected chi connectivity index (χ1v) is 9.86. The zero-order valence-corrected chi connectivity index (χ0v) is 15.8. The van der Waals surface area contributed by atoms with E-state index in [1.54, 1.807) is 24.3 Å². The van der Waals surface area contributed by atoms with Crippen molar-refractivity contribution in [3.8, 4) is 0 Å². The van der Waals surface area contributed by atoms with E-state index in [0.717, 1.165) is 21.1 Å². The van der Waals surface area contributed by atoms with Crippen molar-refractivity contribution in [2.75, 3.05) is 0 Å². The molecule has 0 N–H and O–H groups in total. The predicted octanol–water partition coefficient (Wildman–Crippen LogP) is 4.96. The predicted molar refractivity (Wildman–Crippen MR) is 102 cm³/mol. The van der Waals surface area contributed by atoms with Gasteiger partial charge in [0.05, 0.1) is 0 Å². The first kappa shape index (κ1) is 19.1. The summed E-state index contributed by atoms with van der Waals surface area (Å²) in [6, 6.07) is 23.4. The van der Waals surface area contributed by atoms with Crippen LogP contribution in [-0.2, 0) is 6.18 Å². The molecule has 0 spiro atoms. The number of carbonyl (C=O) groups is 1. The maximum absolute atomic E-state index is 12.8. The molecule has 3 rings (SSSR count). The van der Waals surface area contributed by atoms with Crippen molar-refractivity contribution in [3.63, 3.8) is 0 Å². The quantitative estimate of drug-likeness (QED) is 0.317. The third-order valence-corrected chi connectivity index (χ3v) is 6.06. The summed E-state index contributed by atoms with van der Waals surface area (Å²) in [5.74, 6) is -0.164. The number of benzene rings is 3. The van der Waals surface area contributed by atoms with Gasteiger partial charge in [0.1, 0.15) is 0 Å². The van der Waals surface area contributed by atoms with Crippen LogP contribution in [0.1, 0.15) is 21.5 Å². The minimum atomic E-state index is -4.38. The van der Waals surface area contributed by atoms with Gasteiger partial charge in [0.15, 0.2) is 0 Å². The summed E-state index contributed by atoms with van der Waals surface area (Å²) < 4.78 is 40.3. The van der Waals surface area contributed by atoms with Gasteiger partial charge in [-0.05, 0) is 0 Å². The third-order valence-electron chi connectivity index (χ3n) is 3.79. The molecule has 0 saturated heterocycles. The van der Waals surface area contributed by atoms with Crippen LogP contribution in [-0.4, -0.2) is 20.7 Å². The van der Waals surface area contributed by atoms with Gasteiger partial charge in [-0.2, -0.15) is 0 Å². The van der Waals surface area contributed by atoms with Gasteiger partial charge in [0, 0.05) is 0 Å². The van der Waals surface area contributed by atoms with E-state index in [2.05, 4.69) is 0 Å². The molecule has 0 unspecified atom stereocenters. The molecule has 3 aromatic carbocycles. The summed E-state index contributed by atoms with van der Waals surface area (Å²) in [5, 5.41) is 0. The van der Waals surface area contributed by atoms with Gasteiger partial charge >= 0.3 is 162 Å². The molecule has 0 fully saturated rings. The summed E-state index contributed by atoms with van der Waals surface area (Å²) in [6.07, 6.45) is -2.85. The standard InChI is InChI=1S/C22H15F3OSe/c23-22(24,25)18-13-11-17(12-14-18)21(27-19-9-5-2-6-10-19)15-20(26)16-7-3-1-4-8-16/h1-15H/b21-15-. The molecule has 0 atom stereocenters. The fraction of sp³-hybridized carbons (Fsp3) is 0.0455. The molecule has 0 aliphatic carbocycles. The summed E-state index contributed by atoms with van der Waals surface area (Å²) >= 11 is -0.217. The number of ketones is 1. The molecular weight excluding hydrogens is 416 g/mol. The molecule has 27 heavy (non-hydrogen) atoms.